The first-order valence-corrected chi connectivity index (χ1v) is 18.5. The van der Waals surface area contributed by atoms with Crippen LogP contribution in [0.1, 0.15) is 113 Å². The van der Waals surface area contributed by atoms with E-state index in [1.165, 1.54) is 4.90 Å². The molecule has 0 radical (unpaired) electrons. The fourth-order valence-electron chi connectivity index (χ4n) is 6.75. The van der Waals surface area contributed by atoms with Crippen LogP contribution in [0.4, 0.5) is 4.79 Å². The van der Waals surface area contributed by atoms with Crippen LogP contribution in [-0.4, -0.2) is 83.6 Å². The summed E-state index contributed by atoms with van der Waals surface area (Å²) in [7, 11) is -3.56. The summed E-state index contributed by atoms with van der Waals surface area (Å²) in [6.45, 7) is 14.7. The summed E-state index contributed by atoms with van der Waals surface area (Å²) in [5.74, 6) is -3.13. The van der Waals surface area contributed by atoms with E-state index >= 15 is 0 Å². The molecule has 5 N–H and O–H groups in total. The number of nitrogens with two attached hydrogens (primary N) is 1. The zero-order valence-corrected chi connectivity index (χ0v) is 29.8. The smallest absolute Gasteiger partial charge is 0.315 e. The van der Waals surface area contributed by atoms with E-state index in [1.807, 2.05) is 34.6 Å². The van der Waals surface area contributed by atoms with E-state index in [-0.39, 0.29) is 30.1 Å². The Morgan fingerprint density at radius 3 is 1.93 bits per heavy atom. The number of carbonyl (C=O) groups is 5. The van der Waals surface area contributed by atoms with Crippen LogP contribution in [0.5, 0.6) is 0 Å². The highest BCUT2D eigenvalue weighted by atomic mass is 32.2. The first-order chi connectivity index (χ1) is 21.1. The van der Waals surface area contributed by atoms with Gasteiger partial charge in [-0.05, 0) is 76.0 Å². The van der Waals surface area contributed by atoms with Crippen molar-refractivity contribution in [2.24, 2.45) is 28.9 Å². The van der Waals surface area contributed by atoms with Crippen LogP contribution in [0.3, 0.4) is 0 Å². The summed E-state index contributed by atoms with van der Waals surface area (Å²) >= 11 is 0. The molecule has 0 aromatic rings. The van der Waals surface area contributed by atoms with Crippen molar-refractivity contribution in [3.05, 3.63) is 0 Å². The molecule has 1 heterocycles. The van der Waals surface area contributed by atoms with Gasteiger partial charge in [0.2, 0.25) is 17.6 Å². The number of nitrogens with zero attached hydrogens (tertiary/aromatic N) is 1. The lowest BCUT2D eigenvalue weighted by atomic mass is 9.78. The van der Waals surface area contributed by atoms with E-state index in [9.17, 15) is 32.4 Å². The standard InChI is InChI=1S/C33H57N5O7S/c1-20(2)22-17-23(28(41)35-24(21-13-12-14-21)25(39)27(34)40)38(18-22)29(42)26(31(3,4)5)36-30(43)37-33(15-10-9-11-16-33)19-46(44,45)32(6,7)8/h20-24,26H,9-19H2,1-8H3,(H2,34,40)(H,35,41)(H2,36,37,43). The molecule has 2 saturated carbocycles. The number of carbonyl (C=O) groups excluding carboxylic acids is 5. The fraction of sp³-hybridized carbons (Fsp3) is 0.848. The van der Waals surface area contributed by atoms with Crippen molar-refractivity contribution in [2.45, 2.75) is 142 Å². The maximum Gasteiger partial charge on any atom is 0.315 e. The van der Waals surface area contributed by atoms with Gasteiger partial charge in [-0.15, -0.1) is 0 Å². The van der Waals surface area contributed by atoms with Crippen molar-refractivity contribution in [1.29, 1.82) is 0 Å². The van der Waals surface area contributed by atoms with Gasteiger partial charge in [-0.2, -0.15) is 0 Å². The first kappa shape index (κ1) is 37.8. The number of hydrogen-bond donors (Lipinski definition) is 4. The van der Waals surface area contributed by atoms with Gasteiger partial charge in [-0.1, -0.05) is 60.3 Å². The summed E-state index contributed by atoms with van der Waals surface area (Å²) in [5.41, 5.74) is 3.58. The number of rotatable bonds is 11. The second kappa shape index (κ2) is 14.2. The Bertz CT molecular complexity index is 1270. The number of primary amides is 1. The number of ketones is 1. The third kappa shape index (κ3) is 8.80. The van der Waals surface area contributed by atoms with Gasteiger partial charge >= 0.3 is 6.03 Å². The normalized spacial score (nSPS) is 23.6. The van der Waals surface area contributed by atoms with Crippen molar-refractivity contribution in [2.75, 3.05) is 12.3 Å². The number of Topliss-reactive ketones (excluding diaryl/α,β-unsaturated/α-hetero) is 1. The molecule has 3 aliphatic rings. The molecule has 0 aromatic heterocycles. The van der Waals surface area contributed by atoms with Gasteiger partial charge in [0.25, 0.3) is 5.91 Å². The minimum absolute atomic E-state index is 0.00347. The van der Waals surface area contributed by atoms with Gasteiger partial charge in [0, 0.05) is 6.54 Å². The maximum atomic E-state index is 14.3. The van der Waals surface area contributed by atoms with E-state index in [0.717, 1.165) is 25.7 Å². The van der Waals surface area contributed by atoms with E-state index in [1.54, 1.807) is 20.8 Å². The summed E-state index contributed by atoms with van der Waals surface area (Å²) in [6, 6.07) is -3.60. The Labute approximate surface area is 275 Å². The summed E-state index contributed by atoms with van der Waals surface area (Å²) in [4.78, 5) is 67.7. The lowest BCUT2D eigenvalue weighted by molar-refractivity contribution is -0.144. The lowest BCUT2D eigenvalue weighted by Gasteiger charge is -2.41. The zero-order chi connectivity index (χ0) is 34.8. The predicted octanol–water partition coefficient (Wildman–Crippen LogP) is 2.83. The SMILES string of the molecule is CC(C)C1CC(C(=O)NC(C(=O)C(N)=O)C2CCC2)N(C(=O)C(NC(=O)NC2(CS(=O)(=O)C(C)(C)C)CCCCC2)C(C)(C)C)C1. The Kier molecular flexibility index (Phi) is 11.6. The average Bonchev–Trinajstić information content (AvgIpc) is 3.34. The van der Waals surface area contributed by atoms with Crippen LogP contribution >= 0.6 is 0 Å². The maximum absolute atomic E-state index is 14.3. The van der Waals surface area contributed by atoms with Crippen LogP contribution in [0.15, 0.2) is 0 Å². The minimum atomic E-state index is -3.56. The van der Waals surface area contributed by atoms with Gasteiger partial charge in [0.1, 0.15) is 18.1 Å². The second-order valence-electron chi connectivity index (χ2n) is 16.3. The number of urea groups is 1. The molecular formula is C33H57N5O7S. The Morgan fingerprint density at radius 1 is 0.891 bits per heavy atom. The van der Waals surface area contributed by atoms with E-state index in [2.05, 4.69) is 16.0 Å². The highest BCUT2D eigenvalue weighted by Crippen LogP contribution is 2.35. The molecule has 4 atom stereocenters. The molecule has 4 unspecified atom stereocenters. The van der Waals surface area contributed by atoms with Gasteiger partial charge in [0.05, 0.1) is 16.0 Å². The molecule has 1 aliphatic heterocycles. The lowest BCUT2D eigenvalue weighted by Crippen LogP contribution is -2.63. The number of likely N-dealkylation sites (tertiary alicyclic amines) is 1. The van der Waals surface area contributed by atoms with Crippen molar-refractivity contribution in [3.8, 4) is 0 Å². The molecule has 262 valence electrons. The number of nitrogens with one attached hydrogen (secondary N) is 3. The molecule has 3 fully saturated rings. The van der Waals surface area contributed by atoms with Gasteiger partial charge < -0.3 is 26.6 Å². The minimum Gasteiger partial charge on any atom is -0.363 e. The van der Waals surface area contributed by atoms with Crippen molar-refractivity contribution in [1.82, 2.24) is 20.9 Å². The predicted molar refractivity (Wildman–Crippen MR) is 176 cm³/mol. The number of sulfone groups is 1. The van der Waals surface area contributed by atoms with Crippen molar-refractivity contribution in [3.63, 3.8) is 0 Å². The first-order valence-electron chi connectivity index (χ1n) is 16.8. The Morgan fingerprint density at radius 2 is 1.48 bits per heavy atom. The molecule has 46 heavy (non-hydrogen) atoms. The molecule has 0 aromatic carbocycles. The third-order valence-electron chi connectivity index (χ3n) is 10.3. The van der Waals surface area contributed by atoms with Crippen LogP contribution in [0.2, 0.25) is 0 Å². The average molecular weight is 668 g/mol. The highest BCUT2D eigenvalue weighted by Gasteiger charge is 2.48. The van der Waals surface area contributed by atoms with Crippen LogP contribution < -0.4 is 21.7 Å². The molecule has 0 bridgehead atoms. The number of hydrogen-bond acceptors (Lipinski definition) is 7. The zero-order valence-electron chi connectivity index (χ0n) is 29.0. The van der Waals surface area contributed by atoms with Gasteiger partial charge in [-0.25, -0.2) is 13.2 Å². The summed E-state index contributed by atoms with van der Waals surface area (Å²) < 4.78 is 25.5. The molecule has 1 saturated heterocycles. The van der Waals surface area contributed by atoms with E-state index in [4.69, 9.17) is 5.73 Å². The van der Waals surface area contributed by atoms with Gasteiger partial charge in [-0.3, -0.25) is 19.2 Å². The largest absolute Gasteiger partial charge is 0.363 e. The molecule has 5 amide bonds. The monoisotopic (exact) mass is 667 g/mol. The number of amides is 5. The molecule has 2 aliphatic carbocycles. The Balaban J connectivity index is 1.86. The highest BCUT2D eigenvalue weighted by molar-refractivity contribution is 7.92. The van der Waals surface area contributed by atoms with Crippen molar-refractivity contribution >= 4 is 39.4 Å². The van der Waals surface area contributed by atoms with Gasteiger partial charge in [0.15, 0.2) is 9.84 Å². The van der Waals surface area contributed by atoms with Crippen molar-refractivity contribution < 1.29 is 32.4 Å². The quantitative estimate of drug-likeness (QED) is 0.244. The van der Waals surface area contributed by atoms with Crippen LogP contribution in [0.25, 0.3) is 0 Å². The van der Waals surface area contributed by atoms with Crippen LogP contribution in [0, 0.1) is 23.2 Å². The van der Waals surface area contributed by atoms with E-state index in [0.29, 0.717) is 32.1 Å². The summed E-state index contributed by atoms with van der Waals surface area (Å²) in [6.07, 6.45) is 6.18. The molecular weight excluding hydrogens is 610 g/mol. The van der Waals surface area contributed by atoms with E-state index < -0.39 is 73.2 Å². The van der Waals surface area contributed by atoms with Crippen LogP contribution in [-0.2, 0) is 29.0 Å². The summed E-state index contributed by atoms with van der Waals surface area (Å²) in [5, 5.41) is 8.60. The molecule has 12 nitrogen and oxygen atoms in total. The third-order valence-corrected chi connectivity index (χ3v) is 13.1. The topological polar surface area (TPSA) is 185 Å². The molecule has 0 spiro atoms. The molecule has 13 heteroatoms. The molecule has 3 rings (SSSR count). The fourth-order valence-corrected chi connectivity index (χ4v) is 8.27. The second-order valence-corrected chi connectivity index (χ2v) is 19.0. The Hall–Kier alpha value is -2.70.